The van der Waals surface area contributed by atoms with Gasteiger partial charge < -0.3 is 10.6 Å². The van der Waals surface area contributed by atoms with E-state index in [9.17, 15) is 0 Å². The van der Waals surface area contributed by atoms with Crippen LogP contribution in [0.3, 0.4) is 0 Å². The normalized spacial score (nSPS) is 11.0. The van der Waals surface area contributed by atoms with E-state index in [4.69, 9.17) is 5.73 Å². The molecule has 1 unspecified atom stereocenters. The van der Waals surface area contributed by atoms with E-state index in [1.54, 1.807) is 6.08 Å². The van der Waals surface area contributed by atoms with Crippen LogP contribution in [0.15, 0.2) is 49.4 Å². The third-order valence-corrected chi connectivity index (χ3v) is 3.38. The number of hydrogen-bond acceptors (Lipinski definition) is 2. The second-order valence-corrected chi connectivity index (χ2v) is 6.57. The molecular weight excluding hydrogens is 292 g/mol. The van der Waals surface area contributed by atoms with Crippen molar-refractivity contribution in [2.45, 2.75) is 69.2 Å². The van der Waals surface area contributed by atoms with Gasteiger partial charge in [0, 0.05) is 18.8 Å². The maximum absolute atomic E-state index is 5.45. The minimum atomic E-state index is 0. The topological polar surface area (TPSA) is 29.3 Å². The van der Waals surface area contributed by atoms with Gasteiger partial charge in [0.05, 0.1) is 0 Å². The average Bonchev–Trinajstić information content (AvgIpc) is 2.51. The highest BCUT2D eigenvalue weighted by Crippen LogP contribution is 2.16. The van der Waals surface area contributed by atoms with E-state index in [2.05, 4.69) is 66.2 Å². The van der Waals surface area contributed by atoms with Crippen molar-refractivity contribution in [3.05, 3.63) is 49.4 Å². The van der Waals surface area contributed by atoms with E-state index < -0.39 is 0 Å². The molecule has 0 aromatic carbocycles. The summed E-state index contributed by atoms with van der Waals surface area (Å²) in [7, 11) is 0. The molecule has 0 radical (unpaired) electrons. The number of hydrogen-bond donors (Lipinski definition) is 1. The Labute approximate surface area is 154 Å². The molecule has 2 heteroatoms. The van der Waals surface area contributed by atoms with E-state index in [1.807, 2.05) is 26.1 Å². The second kappa shape index (κ2) is 17.9. The Balaban J connectivity index is -0.000000188. The van der Waals surface area contributed by atoms with Crippen LogP contribution in [0.25, 0.3) is 0 Å². The summed E-state index contributed by atoms with van der Waals surface area (Å²) >= 11 is 0. The van der Waals surface area contributed by atoms with Crippen molar-refractivity contribution in [1.82, 2.24) is 4.90 Å². The van der Waals surface area contributed by atoms with Gasteiger partial charge in [0.25, 0.3) is 0 Å². The fourth-order valence-electron chi connectivity index (χ4n) is 1.18. The zero-order valence-electron chi connectivity index (χ0n) is 17.1. The molecule has 2 N–H and O–H groups in total. The molecule has 0 amide bonds. The van der Waals surface area contributed by atoms with Crippen LogP contribution in [0, 0.1) is 11.3 Å². The smallest absolute Gasteiger partial charge is 0.0241 e. The van der Waals surface area contributed by atoms with Crippen molar-refractivity contribution in [2.24, 2.45) is 17.1 Å². The largest absolute Gasteiger partial charge is 0.399 e. The van der Waals surface area contributed by atoms with E-state index in [1.165, 1.54) is 6.42 Å². The fourth-order valence-corrected chi connectivity index (χ4v) is 1.18. The lowest BCUT2D eigenvalue weighted by Gasteiger charge is -2.22. The summed E-state index contributed by atoms with van der Waals surface area (Å²) in [5.74, 6) is 0.388. The predicted molar refractivity (Wildman–Crippen MR) is 116 cm³/mol. The van der Waals surface area contributed by atoms with Gasteiger partial charge in [-0.05, 0) is 30.5 Å². The summed E-state index contributed by atoms with van der Waals surface area (Å²) in [4.78, 5) is 2.15. The predicted octanol–water partition coefficient (Wildman–Crippen LogP) is 6.78. The number of nitrogens with zero attached hydrogens (tertiary/aromatic N) is 1. The van der Waals surface area contributed by atoms with Gasteiger partial charge in [0.2, 0.25) is 0 Å². The molecule has 0 saturated carbocycles. The molecule has 0 saturated heterocycles. The third-order valence-electron chi connectivity index (χ3n) is 3.38. The average molecular weight is 339 g/mol. The summed E-state index contributed by atoms with van der Waals surface area (Å²) < 4.78 is 0. The Hall–Kier alpha value is -1.44. The van der Waals surface area contributed by atoms with Crippen molar-refractivity contribution < 1.29 is 0 Å². The van der Waals surface area contributed by atoms with Gasteiger partial charge in [-0.3, -0.25) is 0 Å². The summed E-state index contributed by atoms with van der Waals surface area (Å²) in [6.45, 7) is 30.4. The second-order valence-electron chi connectivity index (χ2n) is 6.57. The SMILES string of the molecule is C.C=CN(CC)CC(C)C(=C)/C=C\C(=C)N.CC.CCC(C)(C)C. The monoisotopic (exact) mass is 338 g/mol. The molecular formula is C22H46N2. The van der Waals surface area contributed by atoms with Crippen LogP contribution >= 0.6 is 0 Å². The molecule has 0 heterocycles. The molecule has 0 aromatic rings. The number of nitrogens with two attached hydrogens (primary N) is 1. The molecule has 144 valence electrons. The molecule has 0 rings (SSSR count). The van der Waals surface area contributed by atoms with Crippen molar-refractivity contribution in [3.63, 3.8) is 0 Å². The lowest BCUT2D eigenvalue weighted by atomic mass is 9.94. The van der Waals surface area contributed by atoms with Gasteiger partial charge >= 0.3 is 0 Å². The lowest BCUT2D eigenvalue weighted by Crippen LogP contribution is -2.23. The highest BCUT2D eigenvalue weighted by Gasteiger charge is 2.06. The summed E-state index contributed by atoms with van der Waals surface area (Å²) in [6.07, 6.45) is 6.83. The van der Waals surface area contributed by atoms with Gasteiger partial charge in [0.15, 0.2) is 0 Å². The molecule has 1 atom stereocenters. The number of allylic oxidation sites excluding steroid dienone is 2. The van der Waals surface area contributed by atoms with Crippen LogP contribution in [0.1, 0.15) is 69.2 Å². The van der Waals surface area contributed by atoms with Crippen molar-refractivity contribution in [3.8, 4) is 0 Å². The zero-order valence-corrected chi connectivity index (χ0v) is 17.1. The maximum Gasteiger partial charge on any atom is 0.0241 e. The van der Waals surface area contributed by atoms with Crippen molar-refractivity contribution in [2.75, 3.05) is 13.1 Å². The van der Waals surface area contributed by atoms with Gasteiger partial charge in [-0.25, -0.2) is 0 Å². The molecule has 0 aromatic heterocycles. The molecule has 0 aliphatic heterocycles. The molecule has 24 heavy (non-hydrogen) atoms. The van der Waals surface area contributed by atoms with E-state index >= 15 is 0 Å². The van der Waals surface area contributed by atoms with Gasteiger partial charge in [0.1, 0.15) is 0 Å². The summed E-state index contributed by atoms with van der Waals surface area (Å²) in [5, 5.41) is 0. The van der Waals surface area contributed by atoms with Crippen molar-refractivity contribution >= 4 is 0 Å². The molecule has 0 bridgehead atoms. The van der Waals surface area contributed by atoms with Crippen LogP contribution in [0.4, 0.5) is 0 Å². The quantitative estimate of drug-likeness (QED) is 0.518. The molecule has 2 nitrogen and oxygen atoms in total. The first-order valence-corrected chi connectivity index (χ1v) is 8.75. The minimum Gasteiger partial charge on any atom is -0.399 e. The first-order chi connectivity index (χ1) is 10.6. The molecule has 0 spiro atoms. The minimum absolute atomic E-state index is 0. The first kappa shape index (κ1) is 30.4. The molecule has 0 aliphatic carbocycles. The highest BCUT2D eigenvalue weighted by molar-refractivity contribution is 5.24. The lowest BCUT2D eigenvalue weighted by molar-refractivity contribution is 0.358. The van der Waals surface area contributed by atoms with Crippen LogP contribution in [-0.4, -0.2) is 18.0 Å². The third kappa shape index (κ3) is 22.8. The Morgan fingerprint density at radius 1 is 1.12 bits per heavy atom. The van der Waals surface area contributed by atoms with Crippen LogP contribution in [-0.2, 0) is 0 Å². The van der Waals surface area contributed by atoms with Gasteiger partial charge in [-0.1, -0.05) is 93.7 Å². The summed E-state index contributed by atoms with van der Waals surface area (Å²) in [6, 6.07) is 0. The zero-order chi connectivity index (χ0) is 19.1. The van der Waals surface area contributed by atoms with Crippen LogP contribution in [0.5, 0.6) is 0 Å². The Bertz CT molecular complexity index is 345. The fraction of sp³-hybridized carbons (Fsp3) is 0.636. The standard InChI is InChI=1S/C13H22N2.C6H14.C2H6.CH4/c1-6-15(7-2)10-12(4)11(3)8-9-13(5)14;1-5-6(2,3)4;1-2;/h6,8-9,12H,1,3,5,7,10,14H2,2,4H3;5H2,1-4H3;1-2H3;1H4/b9-8-;;;. The van der Waals surface area contributed by atoms with E-state index in [0.29, 0.717) is 17.0 Å². The maximum atomic E-state index is 5.45. The summed E-state index contributed by atoms with van der Waals surface area (Å²) in [5.41, 5.74) is 7.60. The molecule has 0 fully saturated rings. The van der Waals surface area contributed by atoms with Gasteiger partial charge in [-0.15, -0.1) is 0 Å². The Kier molecular flexibility index (Phi) is 22.7. The van der Waals surface area contributed by atoms with Crippen LogP contribution in [0.2, 0.25) is 0 Å². The van der Waals surface area contributed by atoms with Gasteiger partial charge in [-0.2, -0.15) is 0 Å². The van der Waals surface area contributed by atoms with E-state index in [0.717, 1.165) is 18.7 Å². The highest BCUT2D eigenvalue weighted by atomic mass is 15.1. The number of rotatable bonds is 7. The van der Waals surface area contributed by atoms with E-state index in [-0.39, 0.29) is 7.43 Å². The first-order valence-electron chi connectivity index (χ1n) is 8.75. The van der Waals surface area contributed by atoms with Crippen molar-refractivity contribution in [1.29, 1.82) is 0 Å². The Morgan fingerprint density at radius 2 is 1.54 bits per heavy atom. The Morgan fingerprint density at radius 3 is 1.79 bits per heavy atom. The van der Waals surface area contributed by atoms with Crippen LogP contribution < -0.4 is 5.73 Å². The molecule has 0 aliphatic rings.